The van der Waals surface area contributed by atoms with Crippen molar-refractivity contribution >= 4 is 23.7 Å². The summed E-state index contributed by atoms with van der Waals surface area (Å²) in [5.74, 6) is -0.203. The van der Waals surface area contributed by atoms with Gasteiger partial charge in [-0.25, -0.2) is 0 Å². The van der Waals surface area contributed by atoms with Crippen LogP contribution in [0.3, 0.4) is 0 Å². The fourth-order valence-electron chi connectivity index (χ4n) is 6.57. The zero-order valence-electron chi connectivity index (χ0n) is 30.9. The topological polar surface area (TPSA) is 34.1 Å². The molecule has 2 aromatic carbocycles. The number of hydrogen-bond donors (Lipinski definition) is 0. The molecule has 0 saturated heterocycles. The van der Waals surface area contributed by atoms with Crippen LogP contribution >= 0.6 is 0 Å². The van der Waals surface area contributed by atoms with Crippen LogP contribution in [-0.2, 0) is 35.3 Å². The fraction of sp³-hybridized carbons (Fsp3) is 0.522. The third-order valence-electron chi connectivity index (χ3n) is 9.69. The van der Waals surface area contributed by atoms with Gasteiger partial charge in [-0.1, -0.05) is 165 Å². The minimum Gasteiger partial charge on any atom is -0.289 e. The van der Waals surface area contributed by atoms with Gasteiger partial charge in [-0.15, -0.1) is 0 Å². The summed E-state index contributed by atoms with van der Waals surface area (Å²) in [6, 6.07) is 13.7. The van der Waals surface area contributed by atoms with Gasteiger partial charge in [0.25, 0.3) is 0 Å². The summed E-state index contributed by atoms with van der Waals surface area (Å²) in [6.07, 6.45) is 34.9. The van der Waals surface area contributed by atoms with E-state index >= 15 is 0 Å². The standard InChI is InChI=1S/C46H64O2/c1-5-9-13-17-21-37-25-27-39(23-19-15-11-7-3)41(33-37)29-31-43-35-46(48)44(36-45(43)47)32-30-42-34-38(22-18-14-10-6-2)26-28-40(42)24-20-16-12-8-4/h25-36H,5-24H2,1-4H3/b31-29+,32-30+. The lowest BCUT2D eigenvalue weighted by Gasteiger charge is -2.12. The van der Waals surface area contributed by atoms with E-state index in [9.17, 15) is 9.59 Å². The summed E-state index contributed by atoms with van der Waals surface area (Å²) in [4.78, 5) is 26.6. The first-order chi connectivity index (χ1) is 23.5. The Morgan fingerprint density at radius 3 is 1.12 bits per heavy atom. The number of benzene rings is 2. The highest BCUT2D eigenvalue weighted by molar-refractivity contribution is 6.22. The summed E-state index contributed by atoms with van der Waals surface area (Å²) in [6.45, 7) is 8.98. The monoisotopic (exact) mass is 648 g/mol. The number of allylic oxidation sites excluding steroid dienone is 6. The van der Waals surface area contributed by atoms with E-state index in [4.69, 9.17) is 0 Å². The van der Waals surface area contributed by atoms with Crippen molar-refractivity contribution in [3.8, 4) is 0 Å². The summed E-state index contributed by atoms with van der Waals surface area (Å²) in [5, 5.41) is 0. The highest BCUT2D eigenvalue weighted by Crippen LogP contribution is 2.24. The van der Waals surface area contributed by atoms with Crippen LogP contribution in [0.2, 0.25) is 0 Å². The lowest BCUT2D eigenvalue weighted by Crippen LogP contribution is -2.10. The molecule has 0 saturated carbocycles. The number of hydrogen-bond acceptors (Lipinski definition) is 2. The predicted octanol–water partition coefficient (Wildman–Crippen LogP) is 12.9. The van der Waals surface area contributed by atoms with Gasteiger partial charge < -0.3 is 0 Å². The van der Waals surface area contributed by atoms with Crippen molar-refractivity contribution in [3.63, 3.8) is 0 Å². The average molecular weight is 649 g/mol. The molecule has 0 heterocycles. The number of ketones is 2. The Morgan fingerprint density at radius 2 is 0.771 bits per heavy atom. The van der Waals surface area contributed by atoms with E-state index in [0.29, 0.717) is 11.1 Å². The molecule has 2 heteroatoms. The van der Waals surface area contributed by atoms with E-state index in [-0.39, 0.29) is 11.6 Å². The molecular weight excluding hydrogens is 585 g/mol. The van der Waals surface area contributed by atoms with E-state index in [1.807, 2.05) is 12.2 Å². The summed E-state index contributed by atoms with van der Waals surface area (Å²) >= 11 is 0. The SMILES string of the molecule is CCCCCCc1ccc(CCCCCC)c(/C=C/C2=CC(=O)C(/C=C/c3cc(CCCCCC)ccc3CCCCCC)=CC2=O)c1. The van der Waals surface area contributed by atoms with E-state index in [1.54, 1.807) is 0 Å². The third-order valence-corrected chi connectivity index (χ3v) is 9.69. The van der Waals surface area contributed by atoms with Crippen molar-refractivity contribution in [1.29, 1.82) is 0 Å². The van der Waals surface area contributed by atoms with Crippen LogP contribution in [0.5, 0.6) is 0 Å². The molecule has 0 atom stereocenters. The molecule has 3 rings (SSSR count). The largest absolute Gasteiger partial charge is 0.289 e. The first-order valence-corrected chi connectivity index (χ1v) is 19.6. The van der Waals surface area contributed by atoms with Crippen molar-refractivity contribution in [2.24, 2.45) is 0 Å². The van der Waals surface area contributed by atoms with Crippen LogP contribution in [0, 0.1) is 0 Å². The average Bonchev–Trinajstić information content (AvgIpc) is 3.09. The first kappa shape index (κ1) is 39.2. The van der Waals surface area contributed by atoms with Gasteiger partial charge in [0, 0.05) is 11.1 Å². The first-order valence-electron chi connectivity index (χ1n) is 19.6. The predicted molar refractivity (Wildman–Crippen MR) is 209 cm³/mol. The Morgan fingerprint density at radius 1 is 0.417 bits per heavy atom. The van der Waals surface area contributed by atoms with E-state index in [1.165, 1.54) is 148 Å². The van der Waals surface area contributed by atoms with Gasteiger partial charge in [0.2, 0.25) is 0 Å². The Hall–Kier alpha value is -3.26. The second-order valence-electron chi connectivity index (χ2n) is 13.9. The quantitative estimate of drug-likeness (QED) is 0.0838. The Balaban J connectivity index is 1.76. The minimum atomic E-state index is -0.102. The van der Waals surface area contributed by atoms with Crippen molar-refractivity contribution in [2.45, 2.75) is 156 Å². The minimum absolute atomic E-state index is 0.102. The van der Waals surface area contributed by atoms with Gasteiger partial charge in [-0.05, 0) is 96.9 Å². The lowest BCUT2D eigenvalue weighted by atomic mass is 9.92. The maximum atomic E-state index is 13.3. The van der Waals surface area contributed by atoms with Crippen molar-refractivity contribution in [2.75, 3.05) is 0 Å². The third kappa shape index (κ3) is 14.1. The van der Waals surface area contributed by atoms with Gasteiger partial charge in [-0.3, -0.25) is 9.59 Å². The molecule has 0 aliphatic heterocycles. The Labute approximate surface area is 293 Å². The molecule has 260 valence electrons. The molecule has 1 aliphatic rings. The zero-order chi connectivity index (χ0) is 34.4. The van der Waals surface area contributed by atoms with Crippen molar-refractivity contribution in [1.82, 2.24) is 0 Å². The number of unbranched alkanes of at least 4 members (excludes halogenated alkanes) is 12. The summed E-state index contributed by atoms with van der Waals surface area (Å²) in [5.41, 5.74) is 8.64. The van der Waals surface area contributed by atoms with Crippen molar-refractivity contribution < 1.29 is 9.59 Å². The van der Waals surface area contributed by atoms with Crippen LogP contribution < -0.4 is 0 Å². The van der Waals surface area contributed by atoms with E-state index < -0.39 is 0 Å². The fourth-order valence-corrected chi connectivity index (χ4v) is 6.57. The second-order valence-corrected chi connectivity index (χ2v) is 13.9. The molecule has 0 radical (unpaired) electrons. The molecule has 2 nitrogen and oxygen atoms in total. The van der Waals surface area contributed by atoms with Crippen LogP contribution in [0.15, 0.2) is 71.8 Å². The highest BCUT2D eigenvalue weighted by Gasteiger charge is 2.17. The smallest absolute Gasteiger partial charge is 0.186 e. The molecule has 0 amide bonds. The molecule has 0 unspecified atom stereocenters. The number of aryl methyl sites for hydroxylation is 4. The number of carbonyl (C=O) groups excluding carboxylic acids is 2. The van der Waals surface area contributed by atoms with Crippen LogP contribution in [0.25, 0.3) is 12.2 Å². The second kappa shape index (κ2) is 23.2. The van der Waals surface area contributed by atoms with Crippen LogP contribution in [-0.4, -0.2) is 11.6 Å². The highest BCUT2D eigenvalue weighted by atomic mass is 16.1. The van der Waals surface area contributed by atoms with Gasteiger partial charge in [-0.2, -0.15) is 0 Å². The normalized spacial score (nSPS) is 13.6. The van der Waals surface area contributed by atoms with Gasteiger partial charge in [0.05, 0.1) is 0 Å². The van der Waals surface area contributed by atoms with Crippen molar-refractivity contribution in [3.05, 3.63) is 105 Å². The molecule has 48 heavy (non-hydrogen) atoms. The molecule has 0 aromatic heterocycles. The molecule has 0 spiro atoms. The van der Waals surface area contributed by atoms with Crippen LogP contribution in [0.4, 0.5) is 0 Å². The van der Waals surface area contributed by atoms with E-state index in [0.717, 1.165) is 25.7 Å². The maximum Gasteiger partial charge on any atom is 0.186 e. The summed E-state index contributed by atoms with van der Waals surface area (Å²) in [7, 11) is 0. The van der Waals surface area contributed by atoms with Crippen LogP contribution in [0.1, 0.15) is 164 Å². The van der Waals surface area contributed by atoms with Gasteiger partial charge >= 0.3 is 0 Å². The lowest BCUT2D eigenvalue weighted by molar-refractivity contribution is -0.114. The molecule has 0 N–H and O–H groups in total. The maximum absolute atomic E-state index is 13.3. The zero-order valence-corrected chi connectivity index (χ0v) is 30.9. The van der Waals surface area contributed by atoms with Gasteiger partial charge in [0.1, 0.15) is 0 Å². The molecule has 0 fully saturated rings. The van der Waals surface area contributed by atoms with E-state index in [2.05, 4.69) is 76.2 Å². The van der Waals surface area contributed by atoms with Gasteiger partial charge in [0.15, 0.2) is 11.6 Å². The summed E-state index contributed by atoms with van der Waals surface area (Å²) < 4.78 is 0. The molecule has 0 bridgehead atoms. The molecular formula is C46H64O2. The number of carbonyl (C=O) groups is 2. The molecule has 2 aromatic rings. The Bertz CT molecular complexity index is 1290. The number of rotatable bonds is 24. The Kier molecular flexibility index (Phi) is 18.9. The molecule has 1 aliphatic carbocycles.